The molecule has 1 unspecified atom stereocenters. The molecule has 3 aromatic carbocycles. The van der Waals surface area contributed by atoms with E-state index in [1.807, 2.05) is 66.7 Å². The van der Waals surface area contributed by atoms with Crippen molar-refractivity contribution in [2.45, 2.75) is 39.2 Å². The molecule has 0 fully saturated rings. The molecule has 0 spiro atoms. The van der Waals surface area contributed by atoms with Crippen LogP contribution in [-0.4, -0.2) is 17.9 Å². The highest BCUT2D eigenvalue weighted by Crippen LogP contribution is 2.13. The van der Waals surface area contributed by atoms with Crippen LogP contribution in [0.3, 0.4) is 0 Å². The maximum absolute atomic E-state index is 13.0. The molecular weight excluding hydrogens is 372 g/mol. The second kappa shape index (κ2) is 10.4. The van der Waals surface area contributed by atoms with Crippen LogP contribution in [-0.2, 0) is 24.1 Å². The Morgan fingerprint density at radius 1 is 0.733 bits per heavy atom. The summed E-state index contributed by atoms with van der Waals surface area (Å²) >= 11 is 0. The number of nitrogens with one attached hydrogen (secondary N) is 2. The molecule has 154 valence electrons. The maximum atomic E-state index is 13.0. The van der Waals surface area contributed by atoms with Crippen LogP contribution in [0.4, 0.5) is 5.69 Å². The van der Waals surface area contributed by atoms with Crippen LogP contribution in [0.1, 0.15) is 40.9 Å². The molecule has 0 saturated heterocycles. The quantitative estimate of drug-likeness (QED) is 0.571. The Morgan fingerprint density at radius 3 is 1.87 bits per heavy atom. The van der Waals surface area contributed by atoms with Gasteiger partial charge in [0.15, 0.2) is 0 Å². The minimum absolute atomic E-state index is 0.235. The molecule has 0 saturated carbocycles. The maximum Gasteiger partial charge on any atom is 0.251 e. The van der Waals surface area contributed by atoms with Crippen LogP contribution in [0.15, 0.2) is 78.9 Å². The van der Waals surface area contributed by atoms with Gasteiger partial charge in [-0.15, -0.1) is 0 Å². The van der Waals surface area contributed by atoms with Gasteiger partial charge in [-0.25, -0.2) is 0 Å². The number of hydrogen-bond donors (Lipinski definition) is 2. The topological polar surface area (TPSA) is 58.2 Å². The monoisotopic (exact) mass is 400 g/mol. The largest absolute Gasteiger partial charge is 0.340 e. The molecule has 0 heterocycles. The Morgan fingerprint density at radius 2 is 1.30 bits per heavy atom. The van der Waals surface area contributed by atoms with E-state index in [0.717, 1.165) is 24.1 Å². The molecule has 0 aliphatic rings. The van der Waals surface area contributed by atoms with Crippen molar-refractivity contribution in [2.75, 3.05) is 5.32 Å². The molecular formula is C26H28N2O2. The summed E-state index contributed by atoms with van der Waals surface area (Å²) in [5.74, 6) is -0.489. The number of amides is 2. The van der Waals surface area contributed by atoms with Gasteiger partial charge >= 0.3 is 0 Å². The van der Waals surface area contributed by atoms with Crippen LogP contribution in [0.5, 0.6) is 0 Å². The summed E-state index contributed by atoms with van der Waals surface area (Å²) in [5, 5.41) is 5.85. The minimum atomic E-state index is -0.684. The highest BCUT2D eigenvalue weighted by atomic mass is 16.2. The predicted molar refractivity (Wildman–Crippen MR) is 122 cm³/mol. The normalized spacial score (nSPS) is 11.5. The van der Waals surface area contributed by atoms with Crippen LogP contribution in [0, 0.1) is 0 Å². The first-order chi connectivity index (χ1) is 14.6. The second-order valence-corrected chi connectivity index (χ2v) is 7.31. The summed E-state index contributed by atoms with van der Waals surface area (Å²) in [5.41, 5.74) is 4.63. The molecule has 0 radical (unpaired) electrons. The lowest BCUT2D eigenvalue weighted by Gasteiger charge is -2.19. The molecule has 30 heavy (non-hydrogen) atoms. The van der Waals surface area contributed by atoms with Gasteiger partial charge in [-0.1, -0.05) is 68.4 Å². The van der Waals surface area contributed by atoms with Crippen LogP contribution in [0.25, 0.3) is 0 Å². The van der Waals surface area contributed by atoms with E-state index in [1.165, 1.54) is 11.1 Å². The summed E-state index contributed by atoms with van der Waals surface area (Å²) in [6.45, 7) is 4.16. The molecule has 1 atom stereocenters. The van der Waals surface area contributed by atoms with E-state index < -0.39 is 6.04 Å². The standard InChI is InChI=1S/C26H28N2O2/c1-3-19-10-14-22(15-11-19)25(29)28-24(18-21-8-6-5-7-9-21)26(30)27-23-16-12-20(4-2)13-17-23/h5-17,24H,3-4,18H2,1-2H3,(H,27,30)(H,28,29). The van der Waals surface area contributed by atoms with E-state index in [2.05, 4.69) is 24.5 Å². The van der Waals surface area contributed by atoms with Crippen molar-refractivity contribution in [3.63, 3.8) is 0 Å². The summed E-state index contributed by atoms with van der Waals surface area (Å²) in [6, 6.07) is 24.3. The van der Waals surface area contributed by atoms with Gasteiger partial charge in [0.2, 0.25) is 5.91 Å². The minimum Gasteiger partial charge on any atom is -0.340 e. The first-order valence-corrected chi connectivity index (χ1v) is 10.4. The third-order valence-electron chi connectivity index (χ3n) is 5.16. The lowest BCUT2D eigenvalue weighted by molar-refractivity contribution is -0.118. The molecule has 0 aliphatic heterocycles. The van der Waals surface area contributed by atoms with Crippen LogP contribution in [0.2, 0.25) is 0 Å². The van der Waals surface area contributed by atoms with E-state index in [4.69, 9.17) is 0 Å². The number of carbonyl (C=O) groups is 2. The zero-order chi connectivity index (χ0) is 21.3. The fourth-order valence-corrected chi connectivity index (χ4v) is 3.25. The van der Waals surface area contributed by atoms with Crippen LogP contribution < -0.4 is 10.6 Å². The summed E-state index contributed by atoms with van der Waals surface area (Å²) in [7, 11) is 0. The number of aryl methyl sites for hydroxylation is 2. The summed E-state index contributed by atoms with van der Waals surface area (Å²) < 4.78 is 0. The van der Waals surface area contributed by atoms with E-state index in [0.29, 0.717) is 12.0 Å². The second-order valence-electron chi connectivity index (χ2n) is 7.31. The fraction of sp³-hybridized carbons (Fsp3) is 0.231. The van der Waals surface area contributed by atoms with Crippen molar-refractivity contribution in [2.24, 2.45) is 0 Å². The molecule has 3 rings (SSSR count). The first kappa shape index (κ1) is 21.3. The molecule has 0 aromatic heterocycles. The Labute approximate surface area is 178 Å². The van der Waals surface area contributed by atoms with Crippen molar-refractivity contribution in [1.82, 2.24) is 5.32 Å². The highest BCUT2D eigenvalue weighted by molar-refractivity contribution is 6.01. The Bertz CT molecular complexity index is 964. The van der Waals surface area contributed by atoms with Gasteiger partial charge in [0.1, 0.15) is 6.04 Å². The van der Waals surface area contributed by atoms with E-state index in [-0.39, 0.29) is 11.8 Å². The molecule has 2 N–H and O–H groups in total. The van der Waals surface area contributed by atoms with E-state index >= 15 is 0 Å². The summed E-state index contributed by atoms with van der Waals surface area (Å²) in [4.78, 5) is 25.8. The molecule has 4 nitrogen and oxygen atoms in total. The number of rotatable bonds is 8. The van der Waals surface area contributed by atoms with Gasteiger partial charge in [0.05, 0.1) is 0 Å². The molecule has 3 aromatic rings. The van der Waals surface area contributed by atoms with E-state index in [1.54, 1.807) is 12.1 Å². The van der Waals surface area contributed by atoms with Crippen molar-refractivity contribution >= 4 is 17.5 Å². The SMILES string of the molecule is CCc1ccc(NC(=O)C(Cc2ccccc2)NC(=O)c2ccc(CC)cc2)cc1. The van der Waals surface area contributed by atoms with Gasteiger partial charge < -0.3 is 10.6 Å². The third kappa shape index (κ3) is 5.80. The highest BCUT2D eigenvalue weighted by Gasteiger charge is 2.22. The number of hydrogen-bond acceptors (Lipinski definition) is 2. The van der Waals surface area contributed by atoms with Gasteiger partial charge in [0.25, 0.3) is 5.91 Å². The van der Waals surface area contributed by atoms with Gasteiger partial charge in [-0.05, 0) is 53.8 Å². The molecule has 0 aliphatic carbocycles. The fourth-order valence-electron chi connectivity index (χ4n) is 3.25. The zero-order valence-corrected chi connectivity index (χ0v) is 17.5. The zero-order valence-electron chi connectivity index (χ0n) is 17.5. The van der Waals surface area contributed by atoms with Crippen molar-refractivity contribution in [3.05, 3.63) is 101 Å². The molecule has 2 amide bonds. The lowest BCUT2D eigenvalue weighted by Crippen LogP contribution is -2.45. The van der Waals surface area contributed by atoms with E-state index in [9.17, 15) is 9.59 Å². The van der Waals surface area contributed by atoms with Crippen LogP contribution >= 0.6 is 0 Å². The molecule has 0 bridgehead atoms. The first-order valence-electron chi connectivity index (χ1n) is 10.4. The van der Waals surface area contributed by atoms with Crippen molar-refractivity contribution in [3.8, 4) is 0 Å². The number of carbonyl (C=O) groups excluding carboxylic acids is 2. The van der Waals surface area contributed by atoms with Gasteiger partial charge in [-0.3, -0.25) is 9.59 Å². The smallest absolute Gasteiger partial charge is 0.251 e. The summed E-state index contributed by atoms with van der Waals surface area (Å²) in [6.07, 6.45) is 2.27. The predicted octanol–water partition coefficient (Wildman–Crippen LogP) is 4.79. The van der Waals surface area contributed by atoms with Gasteiger partial charge in [-0.2, -0.15) is 0 Å². The van der Waals surface area contributed by atoms with Crippen molar-refractivity contribution < 1.29 is 9.59 Å². The number of benzene rings is 3. The Balaban J connectivity index is 1.76. The molecule has 4 heteroatoms. The third-order valence-corrected chi connectivity index (χ3v) is 5.16. The average Bonchev–Trinajstić information content (AvgIpc) is 2.79. The Hall–Kier alpha value is -3.40. The number of anilines is 1. The van der Waals surface area contributed by atoms with Gasteiger partial charge in [0, 0.05) is 17.7 Å². The Kier molecular flexibility index (Phi) is 7.39. The van der Waals surface area contributed by atoms with Crippen molar-refractivity contribution in [1.29, 1.82) is 0 Å². The average molecular weight is 401 g/mol. The lowest BCUT2D eigenvalue weighted by atomic mass is 10.0.